The van der Waals surface area contributed by atoms with E-state index in [1.807, 2.05) is 18.4 Å². The van der Waals surface area contributed by atoms with E-state index in [2.05, 4.69) is 30.5 Å². The molecule has 1 aromatic carbocycles. The summed E-state index contributed by atoms with van der Waals surface area (Å²) in [7, 11) is 0. The molecule has 84 valence electrons. The van der Waals surface area contributed by atoms with Gasteiger partial charge in [-0.15, -0.1) is 0 Å². The molecule has 0 amide bonds. The zero-order chi connectivity index (χ0) is 11.5. The summed E-state index contributed by atoms with van der Waals surface area (Å²) in [5.74, 6) is 0. The summed E-state index contributed by atoms with van der Waals surface area (Å²) in [6.45, 7) is 4.12. The maximum atomic E-state index is 10.1. The zero-order valence-electron chi connectivity index (χ0n) is 9.60. The van der Waals surface area contributed by atoms with Gasteiger partial charge in [0.05, 0.1) is 6.10 Å². The summed E-state index contributed by atoms with van der Waals surface area (Å²) in [6, 6.07) is 8.31. The lowest BCUT2D eigenvalue weighted by molar-refractivity contribution is 0.178. The SMILES string of the molecule is Cc1cccc(CC(O)c2cscc2C)c1. The molecule has 0 saturated heterocycles. The van der Waals surface area contributed by atoms with Gasteiger partial charge in [-0.05, 0) is 41.3 Å². The highest BCUT2D eigenvalue weighted by Crippen LogP contribution is 2.24. The molecule has 1 atom stereocenters. The third-order valence-electron chi connectivity index (χ3n) is 2.77. The van der Waals surface area contributed by atoms with E-state index in [0.29, 0.717) is 6.42 Å². The van der Waals surface area contributed by atoms with Gasteiger partial charge in [-0.1, -0.05) is 29.8 Å². The Morgan fingerprint density at radius 2 is 2.06 bits per heavy atom. The molecule has 2 heteroatoms. The molecule has 0 aliphatic heterocycles. The minimum atomic E-state index is -0.381. The number of aliphatic hydroxyl groups is 1. The van der Waals surface area contributed by atoms with E-state index in [-0.39, 0.29) is 6.10 Å². The third-order valence-corrected chi connectivity index (χ3v) is 3.65. The first kappa shape index (κ1) is 11.4. The molecule has 0 aliphatic carbocycles. The van der Waals surface area contributed by atoms with Crippen molar-refractivity contribution in [3.05, 3.63) is 57.3 Å². The second-order valence-corrected chi connectivity index (χ2v) is 4.96. The second-order valence-electron chi connectivity index (χ2n) is 4.22. The highest BCUT2D eigenvalue weighted by molar-refractivity contribution is 7.08. The van der Waals surface area contributed by atoms with Gasteiger partial charge in [-0.25, -0.2) is 0 Å². The maximum absolute atomic E-state index is 10.1. The van der Waals surface area contributed by atoms with Gasteiger partial charge in [-0.2, -0.15) is 11.3 Å². The molecule has 0 aliphatic rings. The number of aryl methyl sites for hydroxylation is 2. The first-order chi connectivity index (χ1) is 7.66. The maximum Gasteiger partial charge on any atom is 0.0840 e. The Morgan fingerprint density at radius 3 is 2.69 bits per heavy atom. The first-order valence-electron chi connectivity index (χ1n) is 5.43. The summed E-state index contributed by atoms with van der Waals surface area (Å²) in [4.78, 5) is 0. The van der Waals surface area contributed by atoms with E-state index >= 15 is 0 Å². The van der Waals surface area contributed by atoms with Crippen molar-refractivity contribution >= 4 is 11.3 Å². The Balaban J connectivity index is 2.14. The van der Waals surface area contributed by atoms with Crippen molar-refractivity contribution < 1.29 is 5.11 Å². The average molecular weight is 232 g/mol. The van der Waals surface area contributed by atoms with Crippen LogP contribution >= 0.6 is 11.3 Å². The predicted octanol–water partition coefficient (Wildman–Crippen LogP) is 3.64. The lowest BCUT2D eigenvalue weighted by Crippen LogP contribution is -2.02. The van der Waals surface area contributed by atoms with Crippen molar-refractivity contribution in [1.82, 2.24) is 0 Å². The number of benzene rings is 1. The normalized spacial score (nSPS) is 12.7. The van der Waals surface area contributed by atoms with Gasteiger partial charge in [0.1, 0.15) is 0 Å². The van der Waals surface area contributed by atoms with E-state index in [1.54, 1.807) is 11.3 Å². The van der Waals surface area contributed by atoms with Gasteiger partial charge in [-0.3, -0.25) is 0 Å². The van der Waals surface area contributed by atoms with Gasteiger partial charge < -0.3 is 5.11 Å². The quantitative estimate of drug-likeness (QED) is 0.856. The fraction of sp³-hybridized carbons (Fsp3) is 0.286. The molecule has 2 aromatic rings. The molecule has 0 bridgehead atoms. The molecule has 0 radical (unpaired) electrons. The van der Waals surface area contributed by atoms with Crippen LogP contribution < -0.4 is 0 Å². The van der Waals surface area contributed by atoms with Crippen molar-refractivity contribution in [2.45, 2.75) is 26.4 Å². The zero-order valence-corrected chi connectivity index (χ0v) is 10.4. The molecular weight excluding hydrogens is 216 g/mol. The molecule has 1 aromatic heterocycles. The van der Waals surface area contributed by atoms with Crippen LogP contribution in [0.5, 0.6) is 0 Å². The number of hydrogen-bond acceptors (Lipinski definition) is 2. The minimum absolute atomic E-state index is 0.381. The van der Waals surface area contributed by atoms with Crippen LogP contribution in [0.4, 0.5) is 0 Å². The highest BCUT2D eigenvalue weighted by Gasteiger charge is 2.11. The number of thiophene rings is 1. The van der Waals surface area contributed by atoms with E-state index in [1.165, 1.54) is 16.7 Å². The Bertz CT molecular complexity index is 473. The Kier molecular flexibility index (Phi) is 3.42. The Hall–Kier alpha value is -1.12. The summed E-state index contributed by atoms with van der Waals surface area (Å²) < 4.78 is 0. The molecule has 0 saturated carbocycles. The van der Waals surface area contributed by atoms with Crippen LogP contribution in [-0.4, -0.2) is 5.11 Å². The molecule has 1 N–H and O–H groups in total. The van der Waals surface area contributed by atoms with Gasteiger partial charge >= 0.3 is 0 Å². The van der Waals surface area contributed by atoms with Crippen LogP contribution in [-0.2, 0) is 6.42 Å². The predicted molar refractivity (Wildman–Crippen MR) is 68.9 cm³/mol. The fourth-order valence-electron chi connectivity index (χ4n) is 1.88. The molecule has 1 nitrogen and oxygen atoms in total. The van der Waals surface area contributed by atoms with Crippen LogP contribution in [0.3, 0.4) is 0 Å². The van der Waals surface area contributed by atoms with Crippen molar-refractivity contribution in [2.24, 2.45) is 0 Å². The van der Waals surface area contributed by atoms with E-state index in [9.17, 15) is 5.11 Å². The standard InChI is InChI=1S/C14H16OS/c1-10-4-3-5-12(6-10)7-14(15)13-9-16-8-11(13)2/h3-6,8-9,14-15H,7H2,1-2H3. The molecule has 1 unspecified atom stereocenters. The van der Waals surface area contributed by atoms with Crippen molar-refractivity contribution in [3.63, 3.8) is 0 Å². The van der Waals surface area contributed by atoms with Gasteiger partial charge in [0.25, 0.3) is 0 Å². The topological polar surface area (TPSA) is 20.2 Å². The number of rotatable bonds is 3. The van der Waals surface area contributed by atoms with Crippen LogP contribution in [0.15, 0.2) is 35.0 Å². The summed E-state index contributed by atoms with van der Waals surface area (Å²) in [6.07, 6.45) is 0.312. The Morgan fingerprint density at radius 1 is 1.25 bits per heavy atom. The second kappa shape index (κ2) is 4.81. The summed E-state index contributed by atoms with van der Waals surface area (Å²) >= 11 is 1.65. The molecule has 0 fully saturated rings. The van der Waals surface area contributed by atoms with Gasteiger partial charge in [0.15, 0.2) is 0 Å². The average Bonchev–Trinajstić information content (AvgIpc) is 2.64. The van der Waals surface area contributed by atoms with E-state index < -0.39 is 0 Å². The molecule has 16 heavy (non-hydrogen) atoms. The lowest BCUT2D eigenvalue weighted by atomic mass is 10.0. The largest absolute Gasteiger partial charge is 0.388 e. The van der Waals surface area contributed by atoms with Crippen LogP contribution in [0.1, 0.15) is 28.4 Å². The van der Waals surface area contributed by atoms with Gasteiger partial charge in [0, 0.05) is 6.42 Å². The molecular formula is C14H16OS. The van der Waals surface area contributed by atoms with Crippen molar-refractivity contribution in [1.29, 1.82) is 0 Å². The monoisotopic (exact) mass is 232 g/mol. The van der Waals surface area contributed by atoms with Crippen LogP contribution in [0.2, 0.25) is 0 Å². The number of aliphatic hydroxyl groups excluding tert-OH is 1. The highest BCUT2D eigenvalue weighted by atomic mass is 32.1. The van der Waals surface area contributed by atoms with Crippen LogP contribution in [0.25, 0.3) is 0 Å². The minimum Gasteiger partial charge on any atom is -0.388 e. The molecule has 0 spiro atoms. The molecule has 1 heterocycles. The first-order valence-corrected chi connectivity index (χ1v) is 6.37. The van der Waals surface area contributed by atoms with Crippen LogP contribution in [0, 0.1) is 13.8 Å². The number of hydrogen-bond donors (Lipinski definition) is 1. The van der Waals surface area contributed by atoms with Gasteiger partial charge in [0.2, 0.25) is 0 Å². The van der Waals surface area contributed by atoms with Crippen molar-refractivity contribution in [3.8, 4) is 0 Å². The summed E-state index contributed by atoms with van der Waals surface area (Å²) in [5.41, 5.74) is 4.68. The molecule has 2 rings (SSSR count). The fourth-order valence-corrected chi connectivity index (χ4v) is 2.78. The smallest absolute Gasteiger partial charge is 0.0840 e. The lowest BCUT2D eigenvalue weighted by Gasteiger charge is -2.11. The Labute approximate surface area is 100 Å². The third kappa shape index (κ3) is 2.52. The van der Waals surface area contributed by atoms with E-state index in [4.69, 9.17) is 0 Å². The summed E-state index contributed by atoms with van der Waals surface area (Å²) in [5, 5.41) is 14.3. The van der Waals surface area contributed by atoms with Crippen molar-refractivity contribution in [2.75, 3.05) is 0 Å². The van der Waals surface area contributed by atoms with E-state index in [0.717, 1.165) is 5.56 Å².